The molecule has 2 N–H and O–H groups in total. The van der Waals surface area contributed by atoms with Gasteiger partial charge in [0.25, 0.3) is 0 Å². The molecule has 0 aliphatic rings. The van der Waals surface area contributed by atoms with Crippen LogP contribution >= 0.6 is 0 Å². The maximum absolute atomic E-state index is 4.09. The van der Waals surface area contributed by atoms with Gasteiger partial charge >= 0.3 is 0 Å². The van der Waals surface area contributed by atoms with Crippen molar-refractivity contribution in [3.8, 4) is 0 Å². The van der Waals surface area contributed by atoms with Crippen LogP contribution in [0.15, 0.2) is 30.6 Å². The minimum atomic E-state index is 0.927. The van der Waals surface area contributed by atoms with Crippen molar-refractivity contribution in [3.05, 3.63) is 47.5 Å². The predicted octanol–water partition coefficient (Wildman–Crippen LogP) is 1.84. The number of hydrogen-bond donors (Lipinski definition) is 2. The Hall–Kier alpha value is -1.68. The Morgan fingerprint density at radius 3 is 2.76 bits per heavy atom. The Morgan fingerprint density at radius 1 is 1.24 bits per heavy atom. The Labute approximate surface area is 101 Å². The lowest BCUT2D eigenvalue weighted by Crippen LogP contribution is -2.15. The van der Waals surface area contributed by atoms with Crippen molar-refractivity contribution in [3.63, 3.8) is 0 Å². The average Bonchev–Trinajstić information content (AvgIpc) is 2.84. The maximum atomic E-state index is 4.09. The van der Waals surface area contributed by atoms with E-state index in [2.05, 4.69) is 51.7 Å². The Balaban J connectivity index is 1.61. The number of hydrogen-bond acceptors (Lipinski definition) is 3. The van der Waals surface area contributed by atoms with Crippen LogP contribution in [-0.2, 0) is 13.0 Å². The van der Waals surface area contributed by atoms with Crippen LogP contribution in [0.25, 0.3) is 0 Å². The van der Waals surface area contributed by atoms with Crippen LogP contribution in [0.4, 0.5) is 0 Å². The van der Waals surface area contributed by atoms with E-state index in [1.165, 1.54) is 11.1 Å². The van der Waals surface area contributed by atoms with Crippen molar-refractivity contribution in [1.29, 1.82) is 0 Å². The summed E-state index contributed by atoms with van der Waals surface area (Å²) in [5, 5.41) is 10.1. The van der Waals surface area contributed by atoms with Crippen LogP contribution in [-0.4, -0.2) is 21.7 Å². The molecule has 2 rings (SSSR count). The Morgan fingerprint density at radius 2 is 2.06 bits per heavy atom. The first-order chi connectivity index (χ1) is 8.34. The van der Waals surface area contributed by atoms with Crippen molar-refractivity contribution in [2.45, 2.75) is 26.3 Å². The van der Waals surface area contributed by atoms with Crippen LogP contribution < -0.4 is 5.32 Å². The molecule has 17 heavy (non-hydrogen) atoms. The highest BCUT2D eigenvalue weighted by atomic mass is 15.2. The summed E-state index contributed by atoms with van der Waals surface area (Å²) in [5.74, 6) is 0.960. The molecule has 0 saturated heterocycles. The molecule has 1 heterocycles. The van der Waals surface area contributed by atoms with Gasteiger partial charge < -0.3 is 5.32 Å². The van der Waals surface area contributed by atoms with E-state index in [1.54, 1.807) is 6.33 Å². The SMILES string of the molecule is Cc1ccc(CNCCCc2ncn[nH]2)cc1. The molecule has 0 spiro atoms. The van der Waals surface area contributed by atoms with Gasteiger partial charge in [-0.05, 0) is 25.5 Å². The van der Waals surface area contributed by atoms with Crippen molar-refractivity contribution in [1.82, 2.24) is 20.5 Å². The Kier molecular flexibility index (Phi) is 4.27. The molecule has 4 heteroatoms. The summed E-state index contributed by atoms with van der Waals surface area (Å²) in [6, 6.07) is 8.62. The second kappa shape index (κ2) is 6.15. The summed E-state index contributed by atoms with van der Waals surface area (Å²) >= 11 is 0. The van der Waals surface area contributed by atoms with E-state index in [9.17, 15) is 0 Å². The second-order valence-corrected chi connectivity index (χ2v) is 4.20. The maximum Gasteiger partial charge on any atom is 0.137 e. The summed E-state index contributed by atoms with van der Waals surface area (Å²) in [4.78, 5) is 4.09. The van der Waals surface area contributed by atoms with Crippen molar-refractivity contribution in [2.24, 2.45) is 0 Å². The van der Waals surface area contributed by atoms with Gasteiger partial charge in [0, 0.05) is 13.0 Å². The van der Waals surface area contributed by atoms with Crippen molar-refractivity contribution in [2.75, 3.05) is 6.54 Å². The molecule has 0 unspecified atom stereocenters. The highest BCUT2D eigenvalue weighted by Crippen LogP contribution is 2.02. The number of aromatic nitrogens is 3. The molecule has 1 aromatic carbocycles. The van der Waals surface area contributed by atoms with Crippen LogP contribution in [0.1, 0.15) is 23.4 Å². The zero-order valence-electron chi connectivity index (χ0n) is 10.1. The predicted molar refractivity (Wildman–Crippen MR) is 67.6 cm³/mol. The number of benzene rings is 1. The fourth-order valence-corrected chi connectivity index (χ4v) is 1.67. The molecule has 0 saturated carbocycles. The van der Waals surface area contributed by atoms with Gasteiger partial charge in [0.2, 0.25) is 0 Å². The number of nitrogens with zero attached hydrogens (tertiary/aromatic N) is 2. The fourth-order valence-electron chi connectivity index (χ4n) is 1.67. The molecule has 4 nitrogen and oxygen atoms in total. The largest absolute Gasteiger partial charge is 0.313 e. The second-order valence-electron chi connectivity index (χ2n) is 4.20. The molecule has 0 aliphatic heterocycles. The number of rotatable bonds is 6. The molecule has 0 bridgehead atoms. The minimum Gasteiger partial charge on any atom is -0.313 e. The van der Waals surface area contributed by atoms with E-state index in [-0.39, 0.29) is 0 Å². The molecular weight excluding hydrogens is 212 g/mol. The van der Waals surface area contributed by atoms with Gasteiger partial charge in [-0.1, -0.05) is 29.8 Å². The first-order valence-corrected chi connectivity index (χ1v) is 5.95. The highest BCUT2D eigenvalue weighted by Gasteiger charge is 1.96. The smallest absolute Gasteiger partial charge is 0.137 e. The van der Waals surface area contributed by atoms with Gasteiger partial charge in [0.1, 0.15) is 12.2 Å². The highest BCUT2D eigenvalue weighted by molar-refractivity contribution is 5.20. The standard InChI is InChI=1S/C13H18N4/c1-11-4-6-12(7-5-11)9-14-8-2-3-13-15-10-16-17-13/h4-7,10,14H,2-3,8-9H2,1H3,(H,15,16,17). The third kappa shape index (κ3) is 4.00. The zero-order valence-corrected chi connectivity index (χ0v) is 10.1. The molecule has 0 fully saturated rings. The van der Waals surface area contributed by atoms with Crippen molar-refractivity contribution < 1.29 is 0 Å². The zero-order chi connectivity index (χ0) is 11.9. The molecule has 0 radical (unpaired) electrons. The summed E-state index contributed by atoms with van der Waals surface area (Å²) in [5.41, 5.74) is 2.63. The van der Waals surface area contributed by atoms with Gasteiger partial charge in [-0.15, -0.1) is 0 Å². The first kappa shape index (κ1) is 11.8. The van der Waals surface area contributed by atoms with Crippen molar-refractivity contribution >= 4 is 0 Å². The lowest BCUT2D eigenvalue weighted by Gasteiger charge is -2.04. The van der Waals surface area contributed by atoms with Crippen LogP contribution in [0.5, 0.6) is 0 Å². The lowest BCUT2D eigenvalue weighted by atomic mass is 10.1. The Bertz CT molecular complexity index is 419. The third-order valence-corrected chi connectivity index (χ3v) is 2.68. The summed E-state index contributed by atoms with van der Waals surface area (Å²) in [6.07, 6.45) is 3.57. The minimum absolute atomic E-state index is 0.927. The van der Waals surface area contributed by atoms with Gasteiger partial charge in [-0.2, -0.15) is 5.10 Å². The average molecular weight is 230 g/mol. The van der Waals surface area contributed by atoms with Crippen LogP contribution in [0, 0.1) is 6.92 Å². The third-order valence-electron chi connectivity index (χ3n) is 2.68. The topological polar surface area (TPSA) is 53.6 Å². The normalized spacial score (nSPS) is 10.6. The molecule has 90 valence electrons. The van der Waals surface area contributed by atoms with E-state index in [0.29, 0.717) is 0 Å². The van der Waals surface area contributed by atoms with E-state index >= 15 is 0 Å². The molecule has 1 aromatic heterocycles. The van der Waals surface area contributed by atoms with E-state index < -0.39 is 0 Å². The van der Waals surface area contributed by atoms with Gasteiger partial charge in [-0.25, -0.2) is 4.98 Å². The van der Waals surface area contributed by atoms with Crippen LogP contribution in [0.3, 0.4) is 0 Å². The van der Waals surface area contributed by atoms with Gasteiger partial charge in [-0.3, -0.25) is 5.10 Å². The monoisotopic (exact) mass is 230 g/mol. The number of nitrogens with one attached hydrogen (secondary N) is 2. The van der Waals surface area contributed by atoms with E-state index in [0.717, 1.165) is 31.8 Å². The number of aromatic amines is 1. The number of aryl methyl sites for hydroxylation is 2. The van der Waals surface area contributed by atoms with Gasteiger partial charge in [0.05, 0.1) is 0 Å². The quantitative estimate of drug-likeness (QED) is 0.744. The van der Waals surface area contributed by atoms with Gasteiger partial charge in [0.15, 0.2) is 0 Å². The molecule has 2 aromatic rings. The fraction of sp³-hybridized carbons (Fsp3) is 0.385. The number of H-pyrrole nitrogens is 1. The molecule has 0 amide bonds. The summed E-state index contributed by atoms with van der Waals surface area (Å²) in [6.45, 7) is 4.03. The molecule has 0 aliphatic carbocycles. The first-order valence-electron chi connectivity index (χ1n) is 5.95. The van der Waals surface area contributed by atoms with Crippen LogP contribution in [0.2, 0.25) is 0 Å². The summed E-state index contributed by atoms with van der Waals surface area (Å²) < 4.78 is 0. The van der Waals surface area contributed by atoms with E-state index in [1.807, 2.05) is 0 Å². The van der Waals surface area contributed by atoms with E-state index in [4.69, 9.17) is 0 Å². The summed E-state index contributed by atoms with van der Waals surface area (Å²) in [7, 11) is 0. The molecular formula is C13H18N4. The molecule has 0 atom stereocenters. The lowest BCUT2D eigenvalue weighted by molar-refractivity contribution is 0.639.